The van der Waals surface area contributed by atoms with Gasteiger partial charge in [0.15, 0.2) is 0 Å². The Labute approximate surface area is 146 Å². The third-order valence-electron chi connectivity index (χ3n) is 4.16. The molecule has 2 aromatic carbocycles. The third-order valence-corrected chi connectivity index (χ3v) is 4.16. The summed E-state index contributed by atoms with van der Waals surface area (Å²) >= 11 is 0. The van der Waals surface area contributed by atoms with Gasteiger partial charge in [0, 0.05) is 24.0 Å². The number of rotatable bonds is 6. The highest BCUT2D eigenvalue weighted by atomic mass is 16.2. The maximum absolute atomic E-state index is 12.4. The van der Waals surface area contributed by atoms with Crippen molar-refractivity contribution in [3.63, 3.8) is 0 Å². The zero-order valence-corrected chi connectivity index (χ0v) is 14.2. The second kappa shape index (κ2) is 7.21. The van der Waals surface area contributed by atoms with Crippen LogP contribution in [0.25, 0.3) is 10.9 Å². The summed E-state index contributed by atoms with van der Waals surface area (Å²) in [4.78, 5) is 23.8. The molecule has 0 aliphatic rings. The van der Waals surface area contributed by atoms with Crippen LogP contribution in [-0.4, -0.2) is 16.4 Å². The van der Waals surface area contributed by atoms with E-state index in [1.165, 1.54) is 0 Å². The largest absolute Gasteiger partial charge is 0.366 e. The van der Waals surface area contributed by atoms with Crippen LogP contribution < -0.4 is 11.1 Å². The number of primary amides is 1. The molecule has 1 aromatic heterocycles. The molecule has 3 N–H and O–H groups in total. The van der Waals surface area contributed by atoms with E-state index >= 15 is 0 Å². The maximum Gasteiger partial charge on any atom is 0.248 e. The quantitative estimate of drug-likeness (QED) is 0.725. The zero-order valence-electron chi connectivity index (χ0n) is 14.2. The van der Waals surface area contributed by atoms with Gasteiger partial charge in [0.1, 0.15) is 0 Å². The second-order valence-electron chi connectivity index (χ2n) is 6.03. The summed E-state index contributed by atoms with van der Waals surface area (Å²) in [5.41, 5.74) is 8.21. The molecule has 128 valence electrons. The third kappa shape index (κ3) is 3.71. The number of carbonyl (C=O) groups excluding carboxylic acids is 2. The minimum absolute atomic E-state index is 0.104. The molecule has 0 saturated heterocycles. The molecule has 0 aliphatic carbocycles. The van der Waals surface area contributed by atoms with Gasteiger partial charge in [-0.05, 0) is 41.6 Å². The van der Waals surface area contributed by atoms with E-state index in [1.54, 1.807) is 24.3 Å². The molecular formula is C20H21N3O2. The topological polar surface area (TPSA) is 77.1 Å². The van der Waals surface area contributed by atoms with E-state index in [-0.39, 0.29) is 12.3 Å². The lowest BCUT2D eigenvalue weighted by Gasteiger charge is -2.09. The summed E-state index contributed by atoms with van der Waals surface area (Å²) in [7, 11) is 0. The van der Waals surface area contributed by atoms with Crippen molar-refractivity contribution < 1.29 is 9.59 Å². The van der Waals surface area contributed by atoms with Crippen LogP contribution in [0.5, 0.6) is 0 Å². The van der Waals surface area contributed by atoms with Crippen molar-refractivity contribution in [3.8, 4) is 0 Å². The molecule has 0 aliphatic heterocycles. The number of benzene rings is 2. The first kappa shape index (κ1) is 16.8. The first-order valence-corrected chi connectivity index (χ1v) is 8.35. The average molecular weight is 335 g/mol. The standard InChI is InChI=1S/C20H21N3O2/c1-2-10-23-11-9-14-7-8-16(13-18(14)23)22-19(24)12-15-5-3-4-6-17(15)20(21)25/h3-9,11,13H,2,10,12H2,1H3,(H2,21,25)(H,22,24). The van der Waals surface area contributed by atoms with Crippen molar-refractivity contribution >= 4 is 28.4 Å². The first-order chi connectivity index (χ1) is 12.1. The summed E-state index contributed by atoms with van der Waals surface area (Å²) in [6.45, 7) is 3.07. The molecule has 3 aromatic rings. The van der Waals surface area contributed by atoms with Crippen molar-refractivity contribution in [2.75, 3.05) is 5.32 Å². The van der Waals surface area contributed by atoms with Crippen LogP contribution in [0.1, 0.15) is 29.3 Å². The molecule has 0 radical (unpaired) electrons. The highest BCUT2D eigenvalue weighted by molar-refractivity contribution is 5.99. The number of anilines is 1. The van der Waals surface area contributed by atoms with Gasteiger partial charge in [-0.3, -0.25) is 9.59 Å². The second-order valence-corrected chi connectivity index (χ2v) is 6.03. The fourth-order valence-corrected chi connectivity index (χ4v) is 2.99. The minimum Gasteiger partial charge on any atom is -0.366 e. The van der Waals surface area contributed by atoms with Gasteiger partial charge < -0.3 is 15.6 Å². The number of aryl methyl sites for hydroxylation is 1. The van der Waals surface area contributed by atoms with Gasteiger partial charge in [-0.1, -0.05) is 31.2 Å². The number of nitrogens with zero attached hydrogens (tertiary/aromatic N) is 1. The summed E-state index contributed by atoms with van der Waals surface area (Å²) < 4.78 is 2.17. The van der Waals surface area contributed by atoms with E-state index in [0.29, 0.717) is 11.1 Å². The van der Waals surface area contributed by atoms with Crippen LogP contribution in [0, 0.1) is 0 Å². The number of fused-ring (bicyclic) bond motifs is 1. The van der Waals surface area contributed by atoms with Crippen molar-refractivity contribution in [1.82, 2.24) is 4.57 Å². The van der Waals surface area contributed by atoms with Gasteiger partial charge in [-0.25, -0.2) is 0 Å². The number of amides is 2. The summed E-state index contributed by atoms with van der Waals surface area (Å²) in [5, 5.41) is 4.05. The molecule has 0 unspecified atom stereocenters. The smallest absolute Gasteiger partial charge is 0.248 e. The lowest BCUT2D eigenvalue weighted by atomic mass is 10.0. The Hall–Kier alpha value is -3.08. The van der Waals surface area contributed by atoms with Crippen molar-refractivity contribution in [2.24, 2.45) is 5.73 Å². The van der Waals surface area contributed by atoms with Crippen LogP contribution in [-0.2, 0) is 17.8 Å². The Morgan fingerprint density at radius 3 is 2.68 bits per heavy atom. The van der Waals surface area contributed by atoms with Crippen LogP contribution in [0.2, 0.25) is 0 Å². The number of hydrogen-bond donors (Lipinski definition) is 2. The molecule has 0 saturated carbocycles. The van der Waals surface area contributed by atoms with E-state index < -0.39 is 5.91 Å². The fraction of sp³-hybridized carbons (Fsp3) is 0.200. The number of nitrogens with one attached hydrogen (secondary N) is 1. The van der Waals surface area contributed by atoms with Crippen LogP contribution in [0.3, 0.4) is 0 Å². The van der Waals surface area contributed by atoms with Gasteiger partial charge in [0.2, 0.25) is 11.8 Å². The number of hydrogen-bond acceptors (Lipinski definition) is 2. The molecule has 5 heteroatoms. The van der Waals surface area contributed by atoms with E-state index in [0.717, 1.165) is 29.6 Å². The monoisotopic (exact) mass is 335 g/mol. The SMILES string of the molecule is CCCn1ccc2ccc(NC(=O)Cc3ccccc3C(N)=O)cc21. The van der Waals surface area contributed by atoms with Crippen molar-refractivity contribution in [1.29, 1.82) is 0 Å². The lowest BCUT2D eigenvalue weighted by Crippen LogP contribution is -2.19. The number of nitrogens with two attached hydrogens (primary N) is 1. The van der Waals surface area contributed by atoms with Gasteiger partial charge in [0.05, 0.1) is 11.9 Å². The normalized spacial score (nSPS) is 10.8. The molecule has 3 rings (SSSR count). The molecule has 5 nitrogen and oxygen atoms in total. The number of carbonyl (C=O) groups is 2. The van der Waals surface area contributed by atoms with E-state index in [4.69, 9.17) is 5.73 Å². The highest BCUT2D eigenvalue weighted by Gasteiger charge is 2.12. The molecule has 0 bridgehead atoms. The van der Waals surface area contributed by atoms with Crippen LogP contribution >= 0.6 is 0 Å². The maximum atomic E-state index is 12.4. The molecule has 0 spiro atoms. The zero-order chi connectivity index (χ0) is 17.8. The fourth-order valence-electron chi connectivity index (χ4n) is 2.99. The Morgan fingerprint density at radius 1 is 1.12 bits per heavy atom. The minimum atomic E-state index is -0.526. The van der Waals surface area contributed by atoms with Gasteiger partial charge in [-0.2, -0.15) is 0 Å². The highest BCUT2D eigenvalue weighted by Crippen LogP contribution is 2.21. The van der Waals surface area contributed by atoms with Crippen LogP contribution in [0.15, 0.2) is 54.7 Å². The van der Waals surface area contributed by atoms with Gasteiger partial charge in [0.25, 0.3) is 0 Å². The molecule has 0 atom stereocenters. The molecule has 25 heavy (non-hydrogen) atoms. The van der Waals surface area contributed by atoms with Gasteiger partial charge in [-0.15, -0.1) is 0 Å². The van der Waals surface area contributed by atoms with Crippen molar-refractivity contribution in [2.45, 2.75) is 26.3 Å². The Bertz CT molecular complexity index is 928. The molecule has 2 amide bonds. The Kier molecular flexibility index (Phi) is 4.84. The predicted octanol–water partition coefficient (Wildman–Crippen LogP) is 3.33. The lowest BCUT2D eigenvalue weighted by molar-refractivity contribution is -0.115. The van der Waals surface area contributed by atoms with E-state index in [9.17, 15) is 9.59 Å². The summed E-state index contributed by atoms with van der Waals surface area (Å²) in [5.74, 6) is -0.705. The Balaban J connectivity index is 1.78. The van der Waals surface area contributed by atoms with Crippen molar-refractivity contribution in [3.05, 3.63) is 65.9 Å². The molecule has 1 heterocycles. The summed E-state index contributed by atoms with van der Waals surface area (Å²) in [6, 6.07) is 14.8. The summed E-state index contributed by atoms with van der Waals surface area (Å²) in [6.07, 6.45) is 3.21. The van der Waals surface area contributed by atoms with E-state index in [2.05, 4.69) is 29.1 Å². The molecular weight excluding hydrogens is 314 g/mol. The molecule has 0 fully saturated rings. The van der Waals surface area contributed by atoms with Gasteiger partial charge >= 0.3 is 0 Å². The Morgan fingerprint density at radius 2 is 1.92 bits per heavy atom. The predicted molar refractivity (Wildman–Crippen MR) is 99.5 cm³/mol. The first-order valence-electron chi connectivity index (χ1n) is 8.35. The average Bonchev–Trinajstić information content (AvgIpc) is 2.98. The van der Waals surface area contributed by atoms with Crippen LogP contribution in [0.4, 0.5) is 5.69 Å². The van der Waals surface area contributed by atoms with E-state index in [1.807, 2.05) is 18.2 Å². The number of aromatic nitrogens is 1.